The van der Waals surface area contributed by atoms with Crippen LogP contribution in [-0.4, -0.2) is 13.2 Å². The molecule has 3 heteroatoms. The standard InChI is InChI=1S/C25H44NO2/c1-4-6-7-8-9-10-11-12-13-14-23-20-27-25(28-21-23)24-15-17-26(18-16-24)19-22(3)5-2/h15-18,22-23,25H,4-14,19-21H2,1-3H3/q+1. The van der Waals surface area contributed by atoms with Crippen molar-refractivity contribution in [3.05, 3.63) is 30.1 Å². The molecule has 0 spiro atoms. The normalized spacial score (nSPS) is 21.0. The van der Waals surface area contributed by atoms with Crippen LogP contribution < -0.4 is 4.57 Å². The molecule has 3 nitrogen and oxygen atoms in total. The third-order valence-corrected chi connectivity index (χ3v) is 6.09. The molecule has 0 bridgehead atoms. The molecule has 1 atom stereocenters. The van der Waals surface area contributed by atoms with Crippen LogP contribution in [0.2, 0.25) is 0 Å². The number of pyridine rings is 1. The molecule has 0 aliphatic carbocycles. The Kier molecular flexibility index (Phi) is 11.8. The molecule has 1 unspecified atom stereocenters. The third kappa shape index (κ3) is 9.05. The van der Waals surface area contributed by atoms with Crippen molar-refractivity contribution in [2.75, 3.05) is 13.2 Å². The van der Waals surface area contributed by atoms with E-state index in [0.29, 0.717) is 11.8 Å². The van der Waals surface area contributed by atoms with Gasteiger partial charge >= 0.3 is 0 Å². The monoisotopic (exact) mass is 390 g/mol. The Balaban J connectivity index is 1.55. The van der Waals surface area contributed by atoms with Gasteiger partial charge in [0.15, 0.2) is 25.2 Å². The van der Waals surface area contributed by atoms with Crippen LogP contribution in [0.4, 0.5) is 0 Å². The quantitative estimate of drug-likeness (QED) is 0.264. The first kappa shape index (κ1) is 23.3. The zero-order valence-corrected chi connectivity index (χ0v) is 18.7. The molecule has 2 rings (SSSR count). The maximum atomic E-state index is 6.02. The number of aromatic nitrogens is 1. The second-order valence-corrected chi connectivity index (χ2v) is 8.82. The van der Waals surface area contributed by atoms with Crippen molar-refractivity contribution in [2.24, 2.45) is 11.8 Å². The molecule has 0 saturated carbocycles. The molecule has 1 aliphatic rings. The van der Waals surface area contributed by atoms with E-state index in [1.807, 2.05) is 0 Å². The molecule has 28 heavy (non-hydrogen) atoms. The van der Waals surface area contributed by atoms with Gasteiger partial charge in [0.2, 0.25) is 0 Å². The van der Waals surface area contributed by atoms with E-state index < -0.39 is 0 Å². The average molecular weight is 391 g/mol. The average Bonchev–Trinajstić information content (AvgIpc) is 2.73. The van der Waals surface area contributed by atoms with Crippen LogP contribution in [0, 0.1) is 11.8 Å². The van der Waals surface area contributed by atoms with Crippen molar-refractivity contribution in [1.29, 1.82) is 0 Å². The van der Waals surface area contributed by atoms with E-state index in [0.717, 1.165) is 25.3 Å². The van der Waals surface area contributed by atoms with Crippen LogP contribution >= 0.6 is 0 Å². The summed E-state index contributed by atoms with van der Waals surface area (Å²) in [6.45, 7) is 9.57. The predicted molar refractivity (Wildman–Crippen MR) is 116 cm³/mol. The second-order valence-electron chi connectivity index (χ2n) is 8.82. The van der Waals surface area contributed by atoms with E-state index in [2.05, 4.69) is 49.9 Å². The van der Waals surface area contributed by atoms with Gasteiger partial charge in [0, 0.05) is 29.5 Å². The molecule has 2 heterocycles. The van der Waals surface area contributed by atoms with Gasteiger partial charge in [0.25, 0.3) is 0 Å². The fourth-order valence-electron chi connectivity index (χ4n) is 3.88. The Morgan fingerprint density at radius 1 is 0.893 bits per heavy atom. The van der Waals surface area contributed by atoms with Gasteiger partial charge in [-0.25, -0.2) is 4.57 Å². The molecule has 1 aliphatic heterocycles. The minimum Gasteiger partial charge on any atom is -0.348 e. The number of rotatable bonds is 14. The summed E-state index contributed by atoms with van der Waals surface area (Å²) >= 11 is 0. The first-order valence-corrected chi connectivity index (χ1v) is 11.9. The molecule has 1 aromatic heterocycles. The number of nitrogens with zero attached hydrogens (tertiary/aromatic N) is 1. The maximum absolute atomic E-state index is 6.02. The summed E-state index contributed by atoms with van der Waals surface area (Å²) in [6, 6.07) is 4.29. The Morgan fingerprint density at radius 3 is 2.04 bits per heavy atom. The highest BCUT2D eigenvalue weighted by Crippen LogP contribution is 2.27. The van der Waals surface area contributed by atoms with Crippen LogP contribution in [-0.2, 0) is 16.0 Å². The van der Waals surface area contributed by atoms with Crippen LogP contribution in [0.3, 0.4) is 0 Å². The number of ether oxygens (including phenoxy) is 2. The summed E-state index contributed by atoms with van der Waals surface area (Å²) in [5.41, 5.74) is 1.14. The topological polar surface area (TPSA) is 22.3 Å². The zero-order valence-electron chi connectivity index (χ0n) is 18.7. The van der Waals surface area contributed by atoms with Gasteiger partial charge in [-0.05, 0) is 12.8 Å². The molecular formula is C25H44NO2+. The van der Waals surface area contributed by atoms with E-state index >= 15 is 0 Å². The van der Waals surface area contributed by atoms with E-state index in [1.54, 1.807) is 0 Å². The Labute approximate surface area is 173 Å². The summed E-state index contributed by atoms with van der Waals surface area (Å²) in [7, 11) is 0. The highest BCUT2D eigenvalue weighted by Gasteiger charge is 2.24. The fourth-order valence-corrected chi connectivity index (χ4v) is 3.88. The molecular weight excluding hydrogens is 346 g/mol. The molecule has 0 aromatic carbocycles. The minimum atomic E-state index is -0.183. The lowest BCUT2D eigenvalue weighted by Gasteiger charge is -2.29. The van der Waals surface area contributed by atoms with E-state index in [-0.39, 0.29) is 6.29 Å². The maximum Gasteiger partial charge on any atom is 0.184 e. The lowest BCUT2D eigenvalue weighted by atomic mass is 10.0. The smallest absolute Gasteiger partial charge is 0.184 e. The van der Waals surface area contributed by atoms with Crippen molar-refractivity contribution < 1.29 is 14.0 Å². The van der Waals surface area contributed by atoms with E-state index in [1.165, 1.54) is 70.6 Å². The van der Waals surface area contributed by atoms with Crippen LogP contribution in [0.25, 0.3) is 0 Å². The molecule has 1 fully saturated rings. The minimum absolute atomic E-state index is 0.183. The zero-order chi connectivity index (χ0) is 20.0. The molecule has 0 amide bonds. The Morgan fingerprint density at radius 2 is 1.46 bits per heavy atom. The third-order valence-electron chi connectivity index (χ3n) is 6.09. The van der Waals surface area contributed by atoms with Gasteiger partial charge in [-0.15, -0.1) is 0 Å². The van der Waals surface area contributed by atoms with Gasteiger partial charge in [0.1, 0.15) is 0 Å². The van der Waals surface area contributed by atoms with E-state index in [9.17, 15) is 0 Å². The van der Waals surface area contributed by atoms with Crippen LogP contribution in [0.15, 0.2) is 24.5 Å². The van der Waals surface area contributed by atoms with Gasteiger partial charge < -0.3 is 9.47 Å². The molecule has 160 valence electrons. The second kappa shape index (κ2) is 14.1. The highest BCUT2D eigenvalue weighted by molar-refractivity contribution is 5.09. The summed E-state index contributed by atoms with van der Waals surface area (Å²) in [4.78, 5) is 0. The van der Waals surface area contributed by atoms with Gasteiger partial charge in [-0.1, -0.05) is 78.6 Å². The Hall–Kier alpha value is -0.930. The fraction of sp³-hybridized carbons (Fsp3) is 0.800. The van der Waals surface area contributed by atoms with Gasteiger partial charge in [-0.3, -0.25) is 0 Å². The summed E-state index contributed by atoms with van der Waals surface area (Å²) < 4.78 is 14.3. The number of unbranched alkanes of at least 4 members (excludes halogenated alkanes) is 8. The van der Waals surface area contributed by atoms with Crippen molar-refractivity contribution >= 4 is 0 Å². The van der Waals surface area contributed by atoms with Crippen molar-refractivity contribution in [2.45, 2.75) is 104 Å². The van der Waals surface area contributed by atoms with Crippen molar-refractivity contribution in [3.8, 4) is 0 Å². The molecule has 1 saturated heterocycles. The van der Waals surface area contributed by atoms with Gasteiger partial charge in [0.05, 0.1) is 13.2 Å². The molecule has 0 N–H and O–H groups in total. The highest BCUT2D eigenvalue weighted by atomic mass is 16.7. The first-order valence-electron chi connectivity index (χ1n) is 11.9. The SMILES string of the molecule is CCCCCCCCCCCC1COC(c2cc[n+](CC(C)CC)cc2)OC1. The first-order chi connectivity index (χ1) is 13.7. The number of hydrogen-bond donors (Lipinski definition) is 0. The van der Waals surface area contributed by atoms with E-state index in [4.69, 9.17) is 9.47 Å². The summed E-state index contributed by atoms with van der Waals surface area (Å²) in [6.07, 6.45) is 19.1. The van der Waals surface area contributed by atoms with Crippen molar-refractivity contribution in [1.82, 2.24) is 0 Å². The van der Waals surface area contributed by atoms with Crippen molar-refractivity contribution in [3.63, 3.8) is 0 Å². The lowest BCUT2D eigenvalue weighted by Crippen LogP contribution is -2.36. The van der Waals surface area contributed by atoms with Crippen LogP contribution in [0.1, 0.15) is 103 Å². The molecule has 1 aromatic rings. The lowest BCUT2D eigenvalue weighted by molar-refractivity contribution is -0.703. The number of hydrogen-bond acceptors (Lipinski definition) is 2. The van der Waals surface area contributed by atoms with Crippen LogP contribution in [0.5, 0.6) is 0 Å². The Bertz CT molecular complexity index is 494. The summed E-state index contributed by atoms with van der Waals surface area (Å²) in [5, 5.41) is 0. The molecule has 0 radical (unpaired) electrons. The van der Waals surface area contributed by atoms with Gasteiger partial charge in [-0.2, -0.15) is 0 Å². The predicted octanol–water partition coefficient (Wildman–Crippen LogP) is 6.60. The largest absolute Gasteiger partial charge is 0.348 e. The summed E-state index contributed by atoms with van der Waals surface area (Å²) in [5.74, 6) is 1.28.